The average Bonchev–Trinajstić information content (AvgIpc) is 2.57. The third-order valence-corrected chi connectivity index (χ3v) is 2.93. The van der Waals surface area contributed by atoms with Crippen molar-refractivity contribution < 1.29 is 0 Å². The van der Waals surface area contributed by atoms with E-state index < -0.39 is 0 Å². The molecular formula is C10H15N3OS. The third kappa shape index (κ3) is 3.48. The summed E-state index contributed by atoms with van der Waals surface area (Å²) < 4.78 is 1.67. The first kappa shape index (κ1) is 11.9. The standard InChI is InChI=1S/C10H15N3OS/c1-3-5-6-8-15-10-12-11-9(14)13(10)7-4-2/h1H,4-8H2,2H3,(H,11,14). The normalized spacial score (nSPS) is 10.1. The number of hydrogen-bond acceptors (Lipinski definition) is 3. The quantitative estimate of drug-likeness (QED) is 0.453. The molecule has 0 radical (unpaired) electrons. The molecule has 0 fully saturated rings. The van der Waals surface area contributed by atoms with E-state index in [0.29, 0.717) is 6.54 Å². The van der Waals surface area contributed by atoms with Crippen LogP contribution in [-0.4, -0.2) is 20.5 Å². The summed E-state index contributed by atoms with van der Waals surface area (Å²) in [6.45, 7) is 2.75. The SMILES string of the molecule is C#CCCCSc1n[nH]c(=O)n1CCC. The average molecular weight is 225 g/mol. The van der Waals surface area contributed by atoms with Crippen molar-refractivity contribution in [3.05, 3.63) is 10.5 Å². The van der Waals surface area contributed by atoms with Crippen LogP contribution in [0.1, 0.15) is 26.2 Å². The minimum Gasteiger partial charge on any atom is -0.270 e. The van der Waals surface area contributed by atoms with Gasteiger partial charge in [0.25, 0.3) is 0 Å². The zero-order valence-corrected chi connectivity index (χ0v) is 9.64. The molecule has 0 bridgehead atoms. The number of terminal acetylenes is 1. The van der Waals surface area contributed by atoms with Gasteiger partial charge < -0.3 is 0 Å². The molecule has 0 atom stereocenters. The maximum Gasteiger partial charge on any atom is 0.343 e. The molecule has 0 aliphatic heterocycles. The molecule has 0 aliphatic rings. The highest BCUT2D eigenvalue weighted by Gasteiger charge is 2.06. The number of H-pyrrole nitrogens is 1. The predicted octanol–water partition coefficient (Wildman–Crippen LogP) is 1.49. The summed E-state index contributed by atoms with van der Waals surface area (Å²) in [6, 6.07) is 0. The van der Waals surface area contributed by atoms with Crippen molar-refractivity contribution in [1.82, 2.24) is 14.8 Å². The Hall–Kier alpha value is -1.15. The Bertz CT molecular complexity index is 388. The van der Waals surface area contributed by atoms with Gasteiger partial charge in [0.2, 0.25) is 0 Å². The van der Waals surface area contributed by atoms with Crippen molar-refractivity contribution in [2.75, 3.05) is 5.75 Å². The number of unbranched alkanes of at least 4 members (excludes halogenated alkanes) is 1. The molecule has 82 valence electrons. The summed E-state index contributed by atoms with van der Waals surface area (Å²) in [6.07, 6.45) is 7.81. The lowest BCUT2D eigenvalue weighted by Crippen LogP contribution is -2.17. The smallest absolute Gasteiger partial charge is 0.270 e. The maximum absolute atomic E-state index is 11.3. The fourth-order valence-electron chi connectivity index (χ4n) is 1.17. The Morgan fingerprint density at radius 3 is 3.13 bits per heavy atom. The second-order valence-electron chi connectivity index (χ2n) is 3.12. The van der Waals surface area contributed by atoms with Gasteiger partial charge in [0.15, 0.2) is 5.16 Å². The van der Waals surface area contributed by atoms with Gasteiger partial charge in [-0.25, -0.2) is 9.89 Å². The lowest BCUT2D eigenvalue weighted by atomic mass is 10.4. The monoisotopic (exact) mass is 225 g/mol. The molecule has 1 aromatic rings. The van der Waals surface area contributed by atoms with Crippen molar-refractivity contribution in [3.63, 3.8) is 0 Å². The van der Waals surface area contributed by atoms with Crippen LogP contribution in [0.3, 0.4) is 0 Å². The van der Waals surface area contributed by atoms with E-state index in [4.69, 9.17) is 6.42 Å². The highest BCUT2D eigenvalue weighted by atomic mass is 32.2. The number of rotatable bonds is 6. The van der Waals surface area contributed by atoms with Gasteiger partial charge in [0.05, 0.1) is 0 Å². The van der Waals surface area contributed by atoms with Gasteiger partial charge in [-0.2, -0.15) is 0 Å². The van der Waals surface area contributed by atoms with E-state index in [9.17, 15) is 4.79 Å². The fraction of sp³-hybridized carbons (Fsp3) is 0.600. The number of aromatic amines is 1. The predicted molar refractivity (Wildman–Crippen MR) is 61.9 cm³/mol. The number of thioether (sulfide) groups is 1. The summed E-state index contributed by atoms with van der Waals surface area (Å²) >= 11 is 1.57. The van der Waals surface area contributed by atoms with Crippen LogP contribution < -0.4 is 5.69 Å². The molecule has 0 saturated carbocycles. The second-order valence-corrected chi connectivity index (χ2v) is 4.18. The molecule has 0 aromatic carbocycles. The zero-order valence-electron chi connectivity index (χ0n) is 8.82. The van der Waals surface area contributed by atoms with Crippen molar-refractivity contribution in [1.29, 1.82) is 0 Å². The van der Waals surface area contributed by atoms with Crippen LogP contribution >= 0.6 is 11.8 Å². The van der Waals surface area contributed by atoms with Gasteiger partial charge in [-0.3, -0.25) is 4.57 Å². The number of hydrogen-bond donors (Lipinski definition) is 1. The lowest BCUT2D eigenvalue weighted by Gasteiger charge is -2.02. The van der Waals surface area contributed by atoms with E-state index in [1.54, 1.807) is 16.3 Å². The highest BCUT2D eigenvalue weighted by Crippen LogP contribution is 2.14. The fourth-order valence-corrected chi connectivity index (χ4v) is 2.08. The van der Waals surface area contributed by atoms with Crippen LogP contribution in [0.2, 0.25) is 0 Å². The van der Waals surface area contributed by atoms with Crippen molar-refractivity contribution in [3.8, 4) is 12.3 Å². The molecule has 4 nitrogen and oxygen atoms in total. The molecular weight excluding hydrogens is 210 g/mol. The number of nitrogens with one attached hydrogen (secondary N) is 1. The van der Waals surface area contributed by atoms with E-state index in [0.717, 1.165) is 30.2 Å². The van der Waals surface area contributed by atoms with Gasteiger partial charge in [0, 0.05) is 18.7 Å². The van der Waals surface area contributed by atoms with E-state index in [-0.39, 0.29) is 5.69 Å². The number of nitrogens with zero attached hydrogens (tertiary/aromatic N) is 2. The topological polar surface area (TPSA) is 50.7 Å². The van der Waals surface area contributed by atoms with Crippen LogP contribution in [0.15, 0.2) is 9.95 Å². The van der Waals surface area contributed by atoms with Gasteiger partial charge in [-0.1, -0.05) is 18.7 Å². The summed E-state index contributed by atoms with van der Waals surface area (Å²) in [5, 5.41) is 7.19. The van der Waals surface area contributed by atoms with Gasteiger partial charge in [-0.15, -0.1) is 17.4 Å². The zero-order chi connectivity index (χ0) is 11.1. The Kier molecular flexibility index (Phi) is 5.05. The van der Waals surface area contributed by atoms with Crippen LogP contribution in [0, 0.1) is 12.3 Å². The van der Waals surface area contributed by atoms with Crippen LogP contribution in [0.4, 0.5) is 0 Å². The minimum atomic E-state index is -0.128. The summed E-state index contributed by atoms with van der Waals surface area (Å²) in [4.78, 5) is 11.3. The Balaban J connectivity index is 2.53. The number of aromatic nitrogens is 3. The first-order valence-electron chi connectivity index (χ1n) is 5.01. The van der Waals surface area contributed by atoms with Crippen LogP contribution in [-0.2, 0) is 6.54 Å². The van der Waals surface area contributed by atoms with Crippen molar-refractivity contribution in [2.24, 2.45) is 0 Å². The molecule has 0 aliphatic carbocycles. The maximum atomic E-state index is 11.3. The van der Waals surface area contributed by atoms with E-state index >= 15 is 0 Å². The van der Waals surface area contributed by atoms with Crippen molar-refractivity contribution >= 4 is 11.8 Å². The highest BCUT2D eigenvalue weighted by molar-refractivity contribution is 7.99. The van der Waals surface area contributed by atoms with E-state index in [1.807, 2.05) is 6.92 Å². The lowest BCUT2D eigenvalue weighted by molar-refractivity contribution is 0.603. The van der Waals surface area contributed by atoms with Crippen LogP contribution in [0.25, 0.3) is 0 Å². The molecule has 1 rings (SSSR count). The summed E-state index contributed by atoms with van der Waals surface area (Å²) in [5.41, 5.74) is -0.128. The largest absolute Gasteiger partial charge is 0.343 e. The van der Waals surface area contributed by atoms with Gasteiger partial charge in [-0.05, 0) is 12.8 Å². The molecule has 1 aromatic heterocycles. The summed E-state index contributed by atoms with van der Waals surface area (Å²) in [7, 11) is 0. The molecule has 15 heavy (non-hydrogen) atoms. The van der Waals surface area contributed by atoms with Gasteiger partial charge >= 0.3 is 5.69 Å². The Morgan fingerprint density at radius 2 is 2.47 bits per heavy atom. The first-order valence-corrected chi connectivity index (χ1v) is 5.99. The summed E-state index contributed by atoms with van der Waals surface area (Å²) in [5.74, 6) is 3.49. The van der Waals surface area contributed by atoms with Gasteiger partial charge in [0.1, 0.15) is 0 Å². The third-order valence-electron chi connectivity index (χ3n) is 1.87. The molecule has 0 spiro atoms. The van der Waals surface area contributed by atoms with E-state index in [1.165, 1.54) is 0 Å². The molecule has 0 saturated heterocycles. The van der Waals surface area contributed by atoms with Crippen LogP contribution in [0.5, 0.6) is 0 Å². The van der Waals surface area contributed by atoms with Crippen molar-refractivity contribution in [2.45, 2.75) is 37.9 Å². The molecule has 5 heteroatoms. The second kappa shape index (κ2) is 6.36. The molecule has 1 N–H and O–H groups in total. The molecule has 0 amide bonds. The van der Waals surface area contributed by atoms with E-state index in [2.05, 4.69) is 16.1 Å². The minimum absolute atomic E-state index is 0.128. The first-order chi connectivity index (χ1) is 7.29. The Morgan fingerprint density at radius 1 is 1.67 bits per heavy atom. The Labute approximate surface area is 93.5 Å². The molecule has 0 unspecified atom stereocenters. The molecule has 1 heterocycles.